The summed E-state index contributed by atoms with van der Waals surface area (Å²) >= 11 is 0. The van der Waals surface area contributed by atoms with Gasteiger partial charge >= 0.3 is 11.7 Å². The first-order chi connectivity index (χ1) is 8.60. The largest absolute Gasteiger partial charge is 0.480 e. The minimum Gasteiger partial charge on any atom is -0.480 e. The molecule has 6 heteroatoms. The minimum atomic E-state index is -0.865. The number of aromatic nitrogens is 1. The molecule has 1 heterocycles. The maximum Gasteiger partial charge on any atom is 0.417 e. The van der Waals surface area contributed by atoms with Crippen LogP contribution < -0.4 is 11.1 Å². The van der Waals surface area contributed by atoms with Crippen molar-refractivity contribution in [2.24, 2.45) is 0 Å². The van der Waals surface area contributed by atoms with Gasteiger partial charge in [-0.05, 0) is 37.6 Å². The lowest BCUT2D eigenvalue weighted by molar-refractivity contribution is -0.139. The van der Waals surface area contributed by atoms with Crippen LogP contribution in [0, 0.1) is 0 Å². The summed E-state index contributed by atoms with van der Waals surface area (Å²) in [6.45, 7) is 0. The van der Waals surface area contributed by atoms with E-state index in [1.54, 1.807) is 19.2 Å². The van der Waals surface area contributed by atoms with Gasteiger partial charge in [-0.2, -0.15) is 0 Å². The Morgan fingerprint density at radius 3 is 3.00 bits per heavy atom. The van der Waals surface area contributed by atoms with E-state index in [9.17, 15) is 9.59 Å². The molecular formula is C12H14N2O4. The molecule has 1 atom stereocenters. The number of carboxylic acid groups (broad SMARTS) is 1. The number of oxazole rings is 1. The predicted octanol–water partition coefficient (Wildman–Crippen LogP) is 0.726. The second kappa shape index (κ2) is 5.05. The third-order valence-electron chi connectivity index (χ3n) is 2.85. The average Bonchev–Trinajstić information content (AvgIpc) is 2.68. The first-order valence-corrected chi connectivity index (χ1v) is 5.62. The number of hydrogen-bond donors (Lipinski definition) is 3. The molecule has 0 saturated heterocycles. The van der Waals surface area contributed by atoms with Crippen LogP contribution in [0.25, 0.3) is 11.1 Å². The van der Waals surface area contributed by atoms with Crippen LogP contribution in [0.3, 0.4) is 0 Å². The Morgan fingerprint density at radius 1 is 1.56 bits per heavy atom. The van der Waals surface area contributed by atoms with Gasteiger partial charge in [0.25, 0.3) is 0 Å². The van der Waals surface area contributed by atoms with Crippen molar-refractivity contribution in [1.29, 1.82) is 0 Å². The summed E-state index contributed by atoms with van der Waals surface area (Å²) in [6.07, 6.45) is 1.10. The summed E-state index contributed by atoms with van der Waals surface area (Å²) in [4.78, 5) is 24.4. The molecule has 96 valence electrons. The zero-order valence-corrected chi connectivity index (χ0v) is 9.90. The quantitative estimate of drug-likeness (QED) is 0.727. The van der Waals surface area contributed by atoms with Gasteiger partial charge in [0.15, 0.2) is 5.58 Å². The van der Waals surface area contributed by atoms with E-state index in [1.165, 1.54) is 0 Å². The SMILES string of the molecule is CNC(CCc1ccc2oc(=O)[nH]c2c1)C(=O)O. The maximum atomic E-state index is 11.0. The number of benzene rings is 1. The van der Waals surface area contributed by atoms with E-state index < -0.39 is 17.8 Å². The van der Waals surface area contributed by atoms with E-state index >= 15 is 0 Å². The number of carbonyl (C=O) groups is 1. The Bertz CT molecular complexity index is 614. The summed E-state index contributed by atoms with van der Waals surface area (Å²) in [5.41, 5.74) is 2.10. The van der Waals surface area contributed by atoms with Gasteiger partial charge in [0, 0.05) is 0 Å². The summed E-state index contributed by atoms with van der Waals surface area (Å²) in [5, 5.41) is 11.6. The first-order valence-electron chi connectivity index (χ1n) is 5.62. The van der Waals surface area contributed by atoms with E-state index in [1.807, 2.05) is 6.07 Å². The Kier molecular flexibility index (Phi) is 3.47. The predicted molar refractivity (Wildman–Crippen MR) is 65.6 cm³/mol. The Labute approximate surface area is 103 Å². The lowest BCUT2D eigenvalue weighted by Gasteiger charge is -2.10. The number of rotatable bonds is 5. The van der Waals surface area contributed by atoms with Gasteiger partial charge < -0.3 is 14.8 Å². The number of hydrogen-bond acceptors (Lipinski definition) is 4. The third kappa shape index (κ3) is 2.60. The van der Waals surface area contributed by atoms with Crippen molar-refractivity contribution in [3.63, 3.8) is 0 Å². The monoisotopic (exact) mass is 250 g/mol. The van der Waals surface area contributed by atoms with Gasteiger partial charge in [0.2, 0.25) is 0 Å². The zero-order valence-electron chi connectivity index (χ0n) is 9.90. The molecule has 0 amide bonds. The summed E-state index contributed by atoms with van der Waals surface area (Å²) in [7, 11) is 1.62. The molecule has 2 rings (SSSR count). The van der Waals surface area contributed by atoms with Crippen molar-refractivity contribution < 1.29 is 14.3 Å². The Morgan fingerprint density at radius 2 is 2.33 bits per heavy atom. The fraction of sp³-hybridized carbons (Fsp3) is 0.333. The molecular weight excluding hydrogens is 236 g/mol. The van der Waals surface area contributed by atoms with Gasteiger partial charge in [-0.1, -0.05) is 6.07 Å². The Hall–Kier alpha value is -2.08. The molecule has 0 fully saturated rings. The summed E-state index contributed by atoms with van der Waals surface area (Å²) in [6, 6.07) is 4.77. The van der Waals surface area contributed by atoms with Crippen molar-refractivity contribution in [2.75, 3.05) is 7.05 Å². The minimum absolute atomic E-state index is 0.485. The van der Waals surface area contributed by atoms with E-state index in [0.717, 1.165) is 5.56 Å². The van der Waals surface area contributed by atoms with Gasteiger partial charge in [0.1, 0.15) is 6.04 Å². The highest BCUT2D eigenvalue weighted by molar-refractivity contribution is 5.74. The number of nitrogens with one attached hydrogen (secondary N) is 2. The lowest BCUT2D eigenvalue weighted by atomic mass is 10.1. The number of carboxylic acids is 1. The number of aryl methyl sites for hydroxylation is 1. The van der Waals surface area contributed by atoms with Crippen LogP contribution in [0.15, 0.2) is 27.4 Å². The average molecular weight is 250 g/mol. The second-order valence-electron chi connectivity index (χ2n) is 4.06. The normalized spacial score (nSPS) is 12.7. The van der Waals surface area contributed by atoms with Crippen LogP contribution in [0.4, 0.5) is 0 Å². The van der Waals surface area contributed by atoms with E-state index in [4.69, 9.17) is 9.52 Å². The van der Waals surface area contributed by atoms with E-state index in [2.05, 4.69) is 10.3 Å². The van der Waals surface area contributed by atoms with Crippen molar-refractivity contribution in [1.82, 2.24) is 10.3 Å². The Balaban J connectivity index is 2.12. The zero-order chi connectivity index (χ0) is 13.1. The molecule has 0 aliphatic rings. The highest BCUT2D eigenvalue weighted by Gasteiger charge is 2.14. The van der Waals surface area contributed by atoms with Crippen LogP contribution in [0.5, 0.6) is 0 Å². The number of aliphatic carboxylic acids is 1. The molecule has 0 aliphatic heterocycles. The second-order valence-corrected chi connectivity index (χ2v) is 4.06. The third-order valence-corrected chi connectivity index (χ3v) is 2.85. The van der Waals surface area contributed by atoms with Crippen LogP contribution in [0.1, 0.15) is 12.0 Å². The number of fused-ring (bicyclic) bond motifs is 1. The molecule has 2 aromatic rings. The maximum absolute atomic E-state index is 11.0. The smallest absolute Gasteiger partial charge is 0.417 e. The van der Waals surface area contributed by atoms with Gasteiger partial charge in [-0.25, -0.2) is 4.79 Å². The van der Waals surface area contributed by atoms with Crippen molar-refractivity contribution in [3.8, 4) is 0 Å². The molecule has 3 N–H and O–H groups in total. The van der Waals surface area contributed by atoms with Gasteiger partial charge in [-0.3, -0.25) is 9.78 Å². The van der Waals surface area contributed by atoms with Crippen molar-refractivity contribution in [3.05, 3.63) is 34.3 Å². The highest BCUT2D eigenvalue weighted by atomic mass is 16.4. The number of aromatic amines is 1. The molecule has 0 saturated carbocycles. The fourth-order valence-corrected chi connectivity index (χ4v) is 1.86. The molecule has 6 nitrogen and oxygen atoms in total. The number of likely N-dealkylation sites (N-methyl/N-ethyl adjacent to an activating group) is 1. The van der Waals surface area contributed by atoms with Crippen LogP contribution in [0.2, 0.25) is 0 Å². The van der Waals surface area contributed by atoms with Gasteiger partial charge in [-0.15, -0.1) is 0 Å². The van der Waals surface area contributed by atoms with Crippen LogP contribution in [-0.4, -0.2) is 29.1 Å². The van der Waals surface area contributed by atoms with E-state index in [-0.39, 0.29) is 0 Å². The van der Waals surface area contributed by atoms with E-state index in [0.29, 0.717) is 23.9 Å². The summed E-state index contributed by atoms with van der Waals surface area (Å²) in [5.74, 6) is -1.35. The molecule has 18 heavy (non-hydrogen) atoms. The van der Waals surface area contributed by atoms with Crippen LogP contribution >= 0.6 is 0 Å². The van der Waals surface area contributed by atoms with Crippen molar-refractivity contribution in [2.45, 2.75) is 18.9 Å². The summed E-state index contributed by atoms with van der Waals surface area (Å²) < 4.78 is 4.89. The van der Waals surface area contributed by atoms with Crippen molar-refractivity contribution >= 4 is 17.1 Å². The molecule has 0 aliphatic carbocycles. The lowest BCUT2D eigenvalue weighted by Crippen LogP contribution is -2.34. The number of H-pyrrole nitrogens is 1. The molecule has 1 aromatic carbocycles. The first kappa shape index (κ1) is 12.4. The highest BCUT2D eigenvalue weighted by Crippen LogP contribution is 2.14. The molecule has 0 bridgehead atoms. The topological polar surface area (TPSA) is 95.3 Å². The molecule has 0 spiro atoms. The molecule has 0 radical (unpaired) electrons. The molecule has 1 aromatic heterocycles. The van der Waals surface area contributed by atoms with Gasteiger partial charge in [0.05, 0.1) is 5.52 Å². The van der Waals surface area contributed by atoms with Crippen LogP contribution in [-0.2, 0) is 11.2 Å². The standard InChI is InChI=1S/C12H14N2O4/c1-13-8(11(15)16)4-2-7-3-5-10-9(6-7)14-12(17)18-10/h3,5-6,8,13H,2,4H2,1H3,(H,14,17)(H,15,16). The fourth-order valence-electron chi connectivity index (χ4n) is 1.86. The molecule has 1 unspecified atom stereocenters.